The fraction of sp³-hybridized carbons (Fsp3) is 0.432. The molecule has 250 valence electrons. The van der Waals surface area contributed by atoms with E-state index in [9.17, 15) is 14.4 Å². The van der Waals surface area contributed by atoms with Gasteiger partial charge in [0.2, 0.25) is 0 Å². The van der Waals surface area contributed by atoms with Crippen molar-refractivity contribution in [3.8, 4) is 33.6 Å². The van der Waals surface area contributed by atoms with Gasteiger partial charge in [0.05, 0.1) is 35.9 Å². The zero-order valence-electron chi connectivity index (χ0n) is 28.3. The molecule has 2 fully saturated rings. The summed E-state index contributed by atoms with van der Waals surface area (Å²) in [6.45, 7) is 12.4. The second-order valence-electron chi connectivity index (χ2n) is 14.9. The summed E-state index contributed by atoms with van der Waals surface area (Å²) in [6.07, 6.45) is 6.19. The number of benzene rings is 2. The first-order valence-corrected chi connectivity index (χ1v) is 16.7. The van der Waals surface area contributed by atoms with E-state index in [1.54, 1.807) is 22.2 Å². The molecule has 0 radical (unpaired) electrons. The number of ketones is 1. The minimum atomic E-state index is -0.574. The van der Waals surface area contributed by atoms with Crippen molar-refractivity contribution in [3.05, 3.63) is 71.6 Å². The Kier molecular flexibility index (Phi) is 7.68. The van der Waals surface area contributed by atoms with E-state index in [0.717, 1.165) is 59.3 Å². The Morgan fingerprint density at radius 3 is 1.50 bits per heavy atom. The average Bonchev–Trinajstić information content (AvgIpc) is 3.84. The zero-order chi connectivity index (χ0) is 34.0. The number of ether oxygens (including phenoxy) is 2. The minimum Gasteiger partial charge on any atom is -0.444 e. The molecule has 0 saturated carbocycles. The molecule has 2 N–H and O–H groups in total. The highest BCUT2D eigenvalue weighted by atomic mass is 16.6. The van der Waals surface area contributed by atoms with Crippen molar-refractivity contribution in [2.24, 2.45) is 0 Å². The molecule has 2 aromatic heterocycles. The summed E-state index contributed by atoms with van der Waals surface area (Å²) in [5.74, 6) is 1.37. The van der Waals surface area contributed by atoms with Gasteiger partial charge in [-0.1, -0.05) is 24.3 Å². The van der Waals surface area contributed by atoms with Gasteiger partial charge in [0.25, 0.3) is 0 Å². The van der Waals surface area contributed by atoms with Crippen LogP contribution in [0.1, 0.15) is 107 Å². The molecule has 2 amide bonds. The molecular formula is C37H42N6O5. The number of rotatable bonds is 4. The zero-order valence-corrected chi connectivity index (χ0v) is 28.3. The molecule has 4 aromatic rings. The molecule has 0 bridgehead atoms. The number of aromatic amines is 2. The molecule has 2 atom stereocenters. The van der Waals surface area contributed by atoms with E-state index in [4.69, 9.17) is 9.47 Å². The van der Waals surface area contributed by atoms with E-state index in [1.165, 1.54) is 0 Å². The van der Waals surface area contributed by atoms with E-state index >= 15 is 0 Å². The number of nitrogens with zero attached hydrogens (tertiary/aromatic N) is 4. The summed E-state index contributed by atoms with van der Waals surface area (Å²) >= 11 is 0. The highest BCUT2D eigenvalue weighted by Gasteiger charge is 2.36. The van der Waals surface area contributed by atoms with Gasteiger partial charge in [-0.25, -0.2) is 19.6 Å². The summed E-state index contributed by atoms with van der Waals surface area (Å²) in [5, 5.41) is 0. The summed E-state index contributed by atoms with van der Waals surface area (Å²) < 4.78 is 11.3. The van der Waals surface area contributed by atoms with Crippen LogP contribution in [0.5, 0.6) is 0 Å². The van der Waals surface area contributed by atoms with Gasteiger partial charge in [0, 0.05) is 35.3 Å². The molecule has 2 saturated heterocycles. The second kappa shape index (κ2) is 11.6. The van der Waals surface area contributed by atoms with Crippen LogP contribution in [-0.2, 0) is 9.47 Å². The van der Waals surface area contributed by atoms with Crippen LogP contribution in [0.4, 0.5) is 9.59 Å². The molecule has 1 aliphatic carbocycles. The quantitative estimate of drug-likeness (QED) is 0.203. The van der Waals surface area contributed by atoms with Gasteiger partial charge in [-0.15, -0.1) is 0 Å². The number of aromatic nitrogens is 4. The first-order valence-electron chi connectivity index (χ1n) is 16.7. The van der Waals surface area contributed by atoms with E-state index in [0.29, 0.717) is 35.9 Å². The molecule has 2 unspecified atom stereocenters. The summed E-state index contributed by atoms with van der Waals surface area (Å²) in [6, 6.07) is 11.4. The summed E-state index contributed by atoms with van der Waals surface area (Å²) in [7, 11) is 0. The van der Waals surface area contributed by atoms with Crippen LogP contribution in [-0.4, -0.2) is 72.0 Å². The molecule has 7 rings (SSSR count). The number of nitrogens with one attached hydrogen (secondary N) is 2. The van der Waals surface area contributed by atoms with Gasteiger partial charge in [-0.05, 0) is 90.5 Å². The first kappa shape index (κ1) is 31.7. The normalized spacial score (nSPS) is 19.1. The van der Waals surface area contributed by atoms with Crippen LogP contribution < -0.4 is 0 Å². The van der Waals surface area contributed by atoms with Crippen LogP contribution >= 0.6 is 0 Å². The summed E-state index contributed by atoms with van der Waals surface area (Å²) in [4.78, 5) is 59.0. The van der Waals surface area contributed by atoms with Crippen molar-refractivity contribution in [3.63, 3.8) is 0 Å². The lowest BCUT2D eigenvalue weighted by Crippen LogP contribution is -2.36. The summed E-state index contributed by atoms with van der Waals surface area (Å²) in [5.41, 5.74) is 5.16. The maximum Gasteiger partial charge on any atom is 0.410 e. The van der Waals surface area contributed by atoms with Gasteiger partial charge in [0.15, 0.2) is 5.78 Å². The number of carbonyl (C=O) groups is 3. The Hall–Kier alpha value is -4.93. The van der Waals surface area contributed by atoms with Gasteiger partial charge in [-0.3, -0.25) is 14.6 Å². The van der Waals surface area contributed by atoms with Crippen molar-refractivity contribution in [2.75, 3.05) is 13.1 Å². The third kappa shape index (κ3) is 5.97. The predicted molar refractivity (Wildman–Crippen MR) is 180 cm³/mol. The van der Waals surface area contributed by atoms with Crippen molar-refractivity contribution >= 4 is 18.0 Å². The SMILES string of the molecule is CC(C)(C)OC(=O)N1CCCC1c1ncc(-c2ccc3c(c2)C(=O)c2cc(-c4cnc(C5CCCN5C(=O)OC(C)(C)C)[nH]4)ccc2-3)[nH]1. The maximum absolute atomic E-state index is 13.8. The molecule has 2 aromatic carbocycles. The van der Waals surface area contributed by atoms with Gasteiger partial charge in [0.1, 0.15) is 22.9 Å². The highest BCUT2D eigenvalue weighted by molar-refractivity contribution is 6.22. The van der Waals surface area contributed by atoms with E-state index < -0.39 is 11.2 Å². The number of fused-ring (bicyclic) bond motifs is 3. The van der Waals surface area contributed by atoms with E-state index in [-0.39, 0.29) is 30.1 Å². The van der Waals surface area contributed by atoms with Gasteiger partial charge in [-0.2, -0.15) is 0 Å². The Balaban J connectivity index is 1.09. The predicted octanol–water partition coefficient (Wildman–Crippen LogP) is 7.82. The lowest BCUT2D eigenvalue weighted by Gasteiger charge is -2.27. The molecule has 11 heteroatoms. The van der Waals surface area contributed by atoms with Gasteiger partial charge >= 0.3 is 12.2 Å². The molecule has 3 aliphatic rings. The maximum atomic E-state index is 13.8. The Labute approximate surface area is 280 Å². The number of imidazole rings is 2. The molecule has 11 nitrogen and oxygen atoms in total. The van der Waals surface area contributed by atoms with Crippen molar-refractivity contribution in [2.45, 2.75) is 90.5 Å². The largest absolute Gasteiger partial charge is 0.444 e. The number of amides is 2. The molecule has 2 aliphatic heterocycles. The number of hydrogen-bond donors (Lipinski definition) is 2. The number of carbonyl (C=O) groups excluding carboxylic acids is 3. The van der Waals surface area contributed by atoms with Gasteiger partial charge < -0.3 is 19.4 Å². The molecule has 48 heavy (non-hydrogen) atoms. The van der Waals surface area contributed by atoms with Crippen LogP contribution in [0.25, 0.3) is 33.6 Å². The number of H-pyrrole nitrogens is 2. The molecule has 4 heterocycles. The van der Waals surface area contributed by atoms with Crippen molar-refractivity contribution in [1.82, 2.24) is 29.7 Å². The monoisotopic (exact) mass is 650 g/mol. The fourth-order valence-corrected chi connectivity index (χ4v) is 6.90. The number of likely N-dealkylation sites (tertiary alicyclic amines) is 2. The Bertz CT molecular complexity index is 1780. The van der Waals surface area contributed by atoms with Crippen LogP contribution in [0.3, 0.4) is 0 Å². The van der Waals surface area contributed by atoms with Crippen LogP contribution in [0, 0.1) is 0 Å². The Morgan fingerprint density at radius 1 is 0.688 bits per heavy atom. The smallest absolute Gasteiger partial charge is 0.410 e. The molecule has 0 spiro atoms. The fourth-order valence-electron chi connectivity index (χ4n) is 6.90. The van der Waals surface area contributed by atoms with E-state index in [1.807, 2.05) is 77.9 Å². The molecular weight excluding hydrogens is 608 g/mol. The lowest BCUT2D eigenvalue weighted by molar-refractivity contribution is 0.0208. The van der Waals surface area contributed by atoms with E-state index in [2.05, 4.69) is 19.9 Å². The third-order valence-electron chi connectivity index (χ3n) is 9.02. The second-order valence-corrected chi connectivity index (χ2v) is 14.9. The average molecular weight is 651 g/mol. The third-order valence-corrected chi connectivity index (χ3v) is 9.02. The van der Waals surface area contributed by atoms with Crippen molar-refractivity contribution < 1.29 is 23.9 Å². The van der Waals surface area contributed by atoms with Crippen LogP contribution in [0.15, 0.2) is 48.8 Å². The highest BCUT2D eigenvalue weighted by Crippen LogP contribution is 2.41. The lowest BCUT2D eigenvalue weighted by atomic mass is 10.0. The standard InChI is InChI=1S/C37H42N6O5/c1-36(2,3)47-34(45)42-15-7-9-29(42)32-38-19-27(40-32)21-11-13-23-24-14-12-22(18-26(24)31(44)25(23)17-21)28-20-39-33(41-28)30-10-8-16-43(30)35(46)48-37(4,5)6/h11-14,17-20,29-30H,7-10,15-16H2,1-6H3,(H,38,40)(H,39,41). The number of hydrogen-bond acceptors (Lipinski definition) is 7. The topological polar surface area (TPSA) is 134 Å². The van der Waals surface area contributed by atoms with Crippen molar-refractivity contribution in [1.29, 1.82) is 0 Å². The Morgan fingerprint density at radius 2 is 1.10 bits per heavy atom. The van der Waals surface area contributed by atoms with Crippen LogP contribution in [0.2, 0.25) is 0 Å². The first-order chi connectivity index (χ1) is 22.8. The minimum absolute atomic E-state index is 0.0398.